The van der Waals surface area contributed by atoms with Gasteiger partial charge in [-0.15, -0.1) is 0 Å². The van der Waals surface area contributed by atoms with Gasteiger partial charge in [0.25, 0.3) is 0 Å². The highest BCUT2D eigenvalue weighted by Crippen LogP contribution is 2.38. The topological polar surface area (TPSA) is 46.9 Å². The maximum absolute atomic E-state index is 13.2. The first-order valence-electron chi connectivity index (χ1n) is 7.51. The van der Waals surface area contributed by atoms with Gasteiger partial charge in [0, 0.05) is 22.9 Å². The van der Waals surface area contributed by atoms with Gasteiger partial charge >= 0.3 is 0 Å². The third-order valence-corrected chi connectivity index (χ3v) is 4.42. The molecule has 0 aliphatic carbocycles. The molecule has 0 radical (unpaired) electrons. The fourth-order valence-corrected chi connectivity index (χ4v) is 3.12. The number of aromatic nitrogens is 2. The van der Waals surface area contributed by atoms with Gasteiger partial charge in [-0.1, -0.05) is 23.7 Å². The third-order valence-electron chi connectivity index (χ3n) is 4.16. The van der Waals surface area contributed by atoms with Crippen molar-refractivity contribution in [3.05, 3.63) is 76.7 Å². The fourth-order valence-electron chi connectivity index (χ4n) is 2.99. The van der Waals surface area contributed by atoms with Crippen LogP contribution in [0.25, 0.3) is 5.69 Å². The van der Waals surface area contributed by atoms with Gasteiger partial charge in [-0.3, -0.25) is 4.79 Å². The zero-order valence-electron chi connectivity index (χ0n) is 12.5. The van der Waals surface area contributed by atoms with Gasteiger partial charge in [0.1, 0.15) is 11.6 Å². The molecule has 0 unspecified atom stereocenters. The first-order chi connectivity index (χ1) is 11.6. The molecular weight excluding hydrogens is 329 g/mol. The molecule has 4 nitrogen and oxygen atoms in total. The number of hydrogen-bond donors (Lipinski definition) is 1. The van der Waals surface area contributed by atoms with Crippen LogP contribution < -0.4 is 5.32 Å². The lowest BCUT2D eigenvalue weighted by Crippen LogP contribution is -2.24. The first-order valence-corrected chi connectivity index (χ1v) is 7.89. The average molecular weight is 342 g/mol. The number of benzene rings is 2. The van der Waals surface area contributed by atoms with Crippen LogP contribution in [0.4, 0.5) is 10.2 Å². The van der Waals surface area contributed by atoms with Gasteiger partial charge in [0.05, 0.1) is 11.9 Å². The van der Waals surface area contributed by atoms with Crippen LogP contribution in [0.3, 0.4) is 0 Å². The number of nitrogens with one attached hydrogen (secondary N) is 1. The summed E-state index contributed by atoms with van der Waals surface area (Å²) in [5.74, 6) is 0.113. The number of amides is 1. The lowest BCUT2D eigenvalue weighted by Gasteiger charge is -2.23. The normalized spacial score (nSPS) is 16.6. The second-order valence-electron chi connectivity index (χ2n) is 5.69. The molecule has 2 aromatic carbocycles. The Morgan fingerprint density at radius 1 is 1.12 bits per heavy atom. The average Bonchev–Trinajstić information content (AvgIpc) is 2.99. The number of anilines is 1. The smallest absolute Gasteiger partial charge is 0.226 e. The predicted molar refractivity (Wildman–Crippen MR) is 90.1 cm³/mol. The lowest BCUT2D eigenvalue weighted by atomic mass is 9.87. The van der Waals surface area contributed by atoms with E-state index in [2.05, 4.69) is 10.4 Å². The van der Waals surface area contributed by atoms with Gasteiger partial charge in [0.2, 0.25) is 5.91 Å². The summed E-state index contributed by atoms with van der Waals surface area (Å²) in [7, 11) is 0. The molecule has 6 heteroatoms. The molecule has 3 aromatic rings. The van der Waals surface area contributed by atoms with Gasteiger partial charge in [-0.2, -0.15) is 5.10 Å². The number of carbonyl (C=O) groups excluding carboxylic acids is 1. The standard InChI is InChI=1S/C18H13ClFN3O/c19-12-3-7-14(8-4-12)23-18-16(10-21-23)15(9-17(24)22-18)11-1-5-13(20)6-2-11/h1-8,10,15H,9H2,(H,22,24)/t15-/m1/s1. The molecule has 0 bridgehead atoms. The molecule has 4 rings (SSSR count). The summed E-state index contributed by atoms with van der Waals surface area (Å²) in [6.07, 6.45) is 2.06. The first kappa shape index (κ1) is 14.9. The van der Waals surface area contributed by atoms with E-state index < -0.39 is 0 Å². The Kier molecular flexibility index (Phi) is 3.58. The Labute approximate surface area is 142 Å². The van der Waals surface area contributed by atoms with Crippen molar-refractivity contribution in [1.82, 2.24) is 9.78 Å². The van der Waals surface area contributed by atoms with Crippen LogP contribution in [0.5, 0.6) is 0 Å². The van der Waals surface area contributed by atoms with E-state index >= 15 is 0 Å². The molecule has 1 aromatic heterocycles. The zero-order valence-corrected chi connectivity index (χ0v) is 13.3. The maximum Gasteiger partial charge on any atom is 0.226 e. The van der Waals surface area contributed by atoms with Gasteiger partial charge in [-0.25, -0.2) is 9.07 Å². The predicted octanol–water partition coefficient (Wildman–Crippen LogP) is 4.14. The van der Waals surface area contributed by atoms with Crippen LogP contribution >= 0.6 is 11.6 Å². The highest BCUT2D eigenvalue weighted by atomic mass is 35.5. The molecule has 0 saturated heterocycles. The van der Waals surface area contributed by atoms with Gasteiger partial charge in [-0.05, 0) is 42.0 Å². The number of halogens is 2. The summed E-state index contributed by atoms with van der Waals surface area (Å²) in [4.78, 5) is 12.2. The Morgan fingerprint density at radius 2 is 1.83 bits per heavy atom. The number of fused-ring (bicyclic) bond motifs is 1. The Bertz CT molecular complexity index is 903. The van der Waals surface area contributed by atoms with E-state index in [1.165, 1.54) is 12.1 Å². The quantitative estimate of drug-likeness (QED) is 0.761. The minimum Gasteiger partial charge on any atom is -0.310 e. The summed E-state index contributed by atoms with van der Waals surface area (Å²) in [6, 6.07) is 13.5. The Hall–Kier alpha value is -2.66. The van der Waals surface area contributed by atoms with E-state index in [0.29, 0.717) is 17.3 Å². The molecule has 0 spiro atoms. The Balaban J connectivity index is 1.80. The van der Waals surface area contributed by atoms with Crippen LogP contribution in [-0.2, 0) is 4.79 Å². The molecule has 1 amide bonds. The van der Waals surface area contributed by atoms with Crippen molar-refractivity contribution in [2.24, 2.45) is 0 Å². The van der Waals surface area contributed by atoms with Crippen molar-refractivity contribution >= 4 is 23.3 Å². The summed E-state index contributed by atoms with van der Waals surface area (Å²) in [5.41, 5.74) is 2.61. The van der Waals surface area contributed by atoms with Crippen molar-refractivity contribution in [3.63, 3.8) is 0 Å². The molecule has 120 valence electrons. The van der Waals surface area contributed by atoms with Crippen molar-refractivity contribution in [1.29, 1.82) is 0 Å². The SMILES string of the molecule is O=C1C[C@H](c2ccc(F)cc2)c2cnn(-c3ccc(Cl)cc3)c2N1. The van der Waals surface area contributed by atoms with Crippen LogP contribution in [0, 0.1) is 5.82 Å². The second-order valence-corrected chi connectivity index (χ2v) is 6.13. The molecule has 24 heavy (non-hydrogen) atoms. The number of hydrogen-bond acceptors (Lipinski definition) is 2. The minimum atomic E-state index is -0.295. The minimum absolute atomic E-state index is 0.0902. The fraction of sp³-hybridized carbons (Fsp3) is 0.111. The van der Waals surface area contributed by atoms with Gasteiger partial charge in [0.15, 0.2) is 0 Å². The van der Waals surface area contributed by atoms with Crippen molar-refractivity contribution < 1.29 is 9.18 Å². The summed E-state index contributed by atoms with van der Waals surface area (Å²) in [5, 5.41) is 7.93. The van der Waals surface area contributed by atoms with E-state index in [9.17, 15) is 9.18 Å². The van der Waals surface area contributed by atoms with Crippen LogP contribution in [0.15, 0.2) is 54.7 Å². The second kappa shape index (κ2) is 5.76. The van der Waals surface area contributed by atoms with Gasteiger partial charge < -0.3 is 5.32 Å². The molecule has 1 aliphatic rings. The number of carbonyl (C=O) groups is 1. The van der Waals surface area contributed by atoms with Crippen molar-refractivity contribution in [2.75, 3.05) is 5.32 Å². The third kappa shape index (κ3) is 2.57. The molecule has 1 N–H and O–H groups in total. The summed E-state index contributed by atoms with van der Waals surface area (Å²) < 4.78 is 14.9. The summed E-state index contributed by atoms with van der Waals surface area (Å²) >= 11 is 5.93. The molecule has 2 heterocycles. The Morgan fingerprint density at radius 3 is 2.54 bits per heavy atom. The molecule has 0 saturated carbocycles. The van der Waals surface area contributed by atoms with Crippen molar-refractivity contribution in [2.45, 2.75) is 12.3 Å². The molecule has 0 fully saturated rings. The van der Waals surface area contributed by atoms with Crippen LogP contribution in [-0.4, -0.2) is 15.7 Å². The van der Waals surface area contributed by atoms with E-state index in [1.54, 1.807) is 35.1 Å². The summed E-state index contributed by atoms with van der Waals surface area (Å²) in [6.45, 7) is 0. The van der Waals surface area contributed by atoms with E-state index in [0.717, 1.165) is 16.8 Å². The van der Waals surface area contributed by atoms with Crippen molar-refractivity contribution in [3.8, 4) is 5.69 Å². The van der Waals surface area contributed by atoms with E-state index in [1.807, 2.05) is 12.1 Å². The lowest BCUT2D eigenvalue weighted by molar-refractivity contribution is -0.116. The number of nitrogens with zero attached hydrogens (tertiary/aromatic N) is 2. The molecule has 1 aliphatic heterocycles. The number of rotatable bonds is 2. The highest BCUT2D eigenvalue weighted by molar-refractivity contribution is 6.30. The largest absolute Gasteiger partial charge is 0.310 e. The molecular formula is C18H13ClFN3O. The van der Waals surface area contributed by atoms with E-state index in [-0.39, 0.29) is 17.6 Å². The monoisotopic (exact) mass is 341 g/mol. The zero-order chi connectivity index (χ0) is 16.7. The van der Waals surface area contributed by atoms with Crippen LogP contribution in [0.2, 0.25) is 5.02 Å². The highest BCUT2D eigenvalue weighted by Gasteiger charge is 2.30. The van der Waals surface area contributed by atoms with E-state index in [4.69, 9.17) is 11.6 Å². The molecule has 1 atom stereocenters. The maximum atomic E-state index is 13.2. The van der Waals surface area contributed by atoms with Crippen LogP contribution in [0.1, 0.15) is 23.5 Å².